The summed E-state index contributed by atoms with van der Waals surface area (Å²) in [5.74, 6) is -0.605. The average Bonchev–Trinajstić information content (AvgIpc) is 2.64. The van der Waals surface area contributed by atoms with Gasteiger partial charge >= 0.3 is 5.97 Å². The minimum atomic E-state index is -1.38. The molecule has 1 heterocycles. The number of alkyl halides is 1. The lowest BCUT2D eigenvalue weighted by Crippen LogP contribution is -2.06. The van der Waals surface area contributed by atoms with E-state index in [1.807, 2.05) is 0 Å². The summed E-state index contributed by atoms with van der Waals surface area (Å²) in [7, 11) is 1.22. The van der Waals surface area contributed by atoms with Crippen LogP contribution in [-0.4, -0.2) is 19.6 Å². The zero-order valence-corrected chi connectivity index (χ0v) is 7.12. The summed E-state index contributed by atoms with van der Waals surface area (Å²) in [5, 5.41) is 0. The Kier molecular flexibility index (Phi) is 3.02. The summed E-state index contributed by atoms with van der Waals surface area (Å²) in [5.41, 5.74) is 5.07. The minimum Gasteiger partial charge on any atom is -0.463 e. The van der Waals surface area contributed by atoms with Crippen LogP contribution < -0.4 is 5.73 Å². The second kappa shape index (κ2) is 4.04. The van der Waals surface area contributed by atoms with Gasteiger partial charge in [-0.15, -0.1) is 0 Å². The normalized spacial score (nSPS) is 12.5. The third-order valence-corrected chi connectivity index (χ3v) is 1.53. The quantitative estimate of drug-likeness (QED) is 0.718. The van der Waals surface area contributed by atoms with E-state index in [1.165, 1.54) is 19.2 Å². The van der Waals surface area contributed by atoms with Gasteiger partial charge in [-0.05, 0) is 12.1 Å². The molecular formula is C8H10FNO3. The molecule has 0 spiro atoms. The maximum Gasteiger partial charge on any atom is 0.373 e. The smallest absolute Gasteiger partial charge is 0.373 e. The highest BCUT2D eigenvalue weighted by molar-refractivity contribution is 5.86. The van der Waals surface area contributed by atoms with Gasteiger partial charge in [0.25, 0.3) is 0 Å². The van der Waals surface area contributed by atoms with Crippen molar-refractivity contribution in [2.45, 2.75) is 6.17 Å². The predicted octanol–water partition coefficient (Wildman–Crippen LogP) is 1.04. The number of carbonyl (C=O) groups is 1. The summed E-state index contributed by atoms with van der Waals surface area (Å²) < 4.78 is 22.1. The van der Waals surface area contributed by atoms with E-state index in [9.17, 15) is 9.18 Å². The molecule has 0 amide bonds. The maximum atomic E-state index is 12.9. The number of rotatable bonds is 3. The summed E-state index contributed by atoms with van der Waals surface area (Å²) in [6, 6.07) is 2.72. The third-order valence-electron chi connectivity index (χ3n) is 1.53. The molecule has 0 aliphatic rings. The van der Waals surface area contributed by atoms with Crippen LogP contribution in [0.2, 0.25) is 0 Å². The molecule has 1 rings (SSSR count). The maximum absolute atomic E-state index is 12.9. The summed E-state index contributed by atoms with van der Waals surface area (Å²) >= 11 is 0. The highest BCUT2D eigenvalue weighted by Crippen LogP contribution is 2.19. The van der Waals surface area contributed by atoms with Crippen molar-refractivity contribution in [1.82, 2.24) is 0 Å². The molecule has 0 radical (unpaired) electrons. The standard InChI is InChI=1S/C8H10FNO3/c1-12-8(11)7-3-2-6(13-7)5(9)4-10/h2-3,5H,4,10H2,1H3. The number of carbonyl (C=O) groups excluding carboxylic acids is 1. The van der Waals surface area contributed by atoms with E-state index in [1.54, 1.807) is 0 Å². The first kappa shape index (κ1) is 9.73. The fourth-order valence-corrected chi connectivity index (χ4v) is 0.848. The van der Waals surface area contributed by atoms with Gasteiger partial charge in [0.1, 0.15) is 5.76 Å². The Morgan fingerprint density at radius 3 is 3.00 bits per heavy atom. The largest absolute Gasteiger partial charge is 0.463 e. The Morgan fingerprint density at radius 2 is 2.46 bits per heavy atom. The lowest BCUT2D eigenvalue weighted by molar-refractivity contribution is 0.0560. The Hall–Kier alpha value is -1.36. The zero-order chi connectivity index (χ0) is 9.84. The Labute approximate surface area is 74.5 Å². The van der Waals surface area contributed by atoms with Gasteiger partial charge in [0, 0.05) is 6.54 Å². The summed E-state index contributed by atoms with van der Waals surface area (Å²) in [6.45, 7) is -0.172. The van der Waals surface area contributed by atoms with Gasteiger partial charge in [-0.2, -0.15) is 0 Å². The van der Waals surface area contributed by atoms with Gasteiger partial charge in [0.15, 0.2) is 6.17 Å². The first-order valence-electron chi connectivity index (χ1n) is 3.71. The van der Waals surface area contributed by atoms with E-state index in [-0.39, 0.29) is 18.1 Å². The van der Waals surface area contributed by atoms with E-state index in [4.69, 9.17) is 10.2 Å². The van der Waals surface area contributed by atoms with Gasteiger partial charge in [-0.25, -0.2) is 9.18 Å². The van der Waals surface area contributed by atoms with Crippen molar-refractivity contribution in [3.63, 3.8) is 0 Å². The first-order chi connectivity index (χ1) is 6.19. The van der Waals surface area contributed by atoms with Crippen LogP contribution in [0, 0.1) is 0 Å². The summed E-state index contributed by atoms with van der Waals surface area (Å²) in [6.07, 6.45) is -1.38. The van der Waals surface area contributed by atoms with Crippen LogP contribution in [0.5, 0.6) is 0 Å². The third kappa shape index (κ3) is 2.06. The van der Waals surface area contributed by atoms with Crippen LogP contribution in [0.3, 0.4) is 0 Å². The molecule has 0 saturated heterocycles. The van der Waals surface area contributed by atoms with Crippen LogP contribution in [0.1, 0.15) is 22.5 Å². The molecule has 13 heavy (non-hydrogen) atoms. The van der Waals surface area contributed by atoms with Crippen molar-refractivity contribution in [3.05, 3.63) is 23.7 Å². The lowest BCUT2D eigenvalue weighted by atomic mass is 10.3. The monoisotopic (exact) mass is 187 g/mol. The summed E-state index contributed by atoms with van der Waals surface area (Å²) in [4.78, 5) is 10.9. The van der Waals surface area contributed by atoms with Gasteiger partial charge in [-0.3, -0.25) is 0 Å². The molecule has 1 aromatic heterocycles. The molecule has 5 heteroatoms. The van der Waals surface area contributed by atoms with Gasteiger partial charge in [0.05, 0.1) is 7.11 Å². The van der Waals surface area contributed by atoms with Crippen LogP contribution in [0.15, 0.2) is 16.5 Å². The Morgan fingerprint density at radius 1 is 1.77 bits per heavy atom. The van der Waals surface area contributed by atoms with Crippen molar-refractivity contribution in [2.75, 3.05) is 13.7 Å². The average molecular weight is 187 g/mol. The number of esters is 1. The molecule has 1 aromatic rings. The molecule has 1 unspecified atom stereocenters. The van der Waals surface area contributed by atoms with Crippen molar-refractivity contribution in [2.24, 2.45) is 5.73 Å². The molecule has 0 aliphatic heterocycles. The van der Waals surface area contributed by atoms with Crippen molar-refractivity contribution >= 4 is 5.97 Å². The van der Waals surface area contributed by atoms with Crippen molar-refractivity contribution in [3.8, 4) is 0 Å². The van der Waals surface area contributed by atoms with E-state index in [2.05, 4.69) is 4.74 Å². The van der Waals surface area contributed by atoms with E-state index < -0.39 is 12.1 Å². The van der Waals surface area contributed by atoms with Crippen LogP contribution in [0.4, 0.5) is 4.39 Å². The molecule has 0 fully saturated rings. The van der Waals surface area contributed by atoms with Crippen molar-refractivity contribution in [1.29, 1.82) is 0 Å². The Bertz CT molecular complexity index is 297. The van der Waals surface area contributed by atoms with Gasteiger partial charge in [-0.1, -0.05) is 0 Å². The minimum absolute atomic E-state index is 0.0198. The highest BCUT2D eigenvalue weighted by Gasteiger charge is 2.16. The number of hydrogen-bond donors (Lipinski definition) is 1. The van der Waals surface area contributed by atoms with Crippen LogP contribution >= 0.6 is 0 Å². The molecule has 2 N–H and O–H groups in total. The van der Waals surface area contributed by atoms with Crippen molar-refractivity contribution < 1.29 is 18.3 Å². The topological polar surface area (TPSA) is 65.5 Å². The SMILES string of the molecule is COC(=O)c1ccc(C(F)CN)o1. The Balaban J connectivity index is 2.80. The first-order valence-corrected chi connectivity index (χ1v) is 3.71. The van der Waals surface area contributed by atoms with E-state index >= 15 is 0 Å². The number of hydrogen-bond acceptors (Lipinski definition) is 4. The molecule has 0 aliphatic carbocycles. The van der Waals surface area contributed by atoms with Crippen LogP contribution in [0.25, 0.3) is 0 Å². The second-order valence-corrected chi connectivity index (χ2v) is 2.40. The van der Waals surface area contributed by atoms with E-state index in [0.29, 0.717) is 0 Å². The molecule has 4 nitrogen and oxygen atoms in total. The molecule has 0 saturated carbocycles. The zero-order valence-electron chi connectivity index (χ0n) is 7.12. The number of ether oxygens (including phenoxy) is 1. The second-order valence-electron chi connectivity index (χ2n) is 2.40. The fraction of sp³-hybridized carbons (Fsp3) is 0.375. The van der Waals surface area contributed by atoms with Gasteiger partial charge in [0.2, 0.25) is 5.76 Å². The number of methoxy groups -OCH3 is 1. The highest BCUT2D eigenvalue weighted by atomic mass is 19.1. The van der Waals surface area contributed by atoms with Gasteiger partial charge < -0.3 is 14.9 Å². The molecular weight excluding hydrogens is 177 g/mol. The number of furan rings is 1. The predicted molar refractivity (Wildman–Crippen MR) is 43.0 cm³/mol. The van der Waals surface area contributed by atoms with Crippen LogP contribution in [-0.2, 0) is 4.74 Å². The lowest BCUT2D eigenvalue weighted by Gasteiger charge is -1.99. The number of nitrogens with two attached hydrogens (primary N) is 1. The fourth-order valence-electron chi connectivity index (χ4n) is 0.848. The number of halogens is 1. The molecule has 72 valence electrons. The van der Waals surface area contributed by atoms with E-state index in [0.717, 1.165) is 0 Å². The molecule has 1 atom stereocenters. The molecule has 0 aromatic carbocycles. The molecule has 0 bridgehead atoms.